The van der Waals surface area contributed by atoms with E-state index in [0.29, 0.717) is 17.9 Å². The number of nitrogens with one attached hydrogen (secondary N) is 1. The molecule has 0 saturated carbocycles. The zero-order chi connectivity index (χ0) is 21.3. The molecule has 1 aliphatic rings. The van der Waals surface area contributed by atoms with Crippen molar-refractivity contribution in [3.05, 3.63) is 75.0 Å². The molecule has 1 amide bonds. The molecule has 4 rings (SSSR count). The van der Waals surface area contributed by atoms with E-state index in [-0.39, 0.29) is 18.1 Å². The molecule has 0 atom stereocenters. The van der Waals surface area contributed by atoms with Gasteiger partial charge >= 0.3 is 0 Å². The highest BCUT2D eigenvalue weighted by Crippen LogP contribution is 2.35. The summed E-state index contributed by atoms with van der Waals surface area (Å²) in [6.07, 6.45) is 3.68. The van der Waals surface area contributed by atoms with Gasteiger partial charge in [-0.2, -0.15) is 0 Å². The van der Waals surface area contributed by atoms with Crippen molar-refractivity contribution in [1.29, 1.82) is 0 Å². The molecule has 152 valence electrons. The summed E-state index contributed by atoms with van der Waals surface area (Å²) in [4.78, 5) is 22.3. The number of allylic oxidation sites excluding steroid dienone is 1. The Hall–Kier alpha value is -2.99. The molecule has 1 aliphatic carbocycles. The minimum absolute atomic E-state index is 0.129. The van der Waals surface area contributed by atoms with Gasteiger partial charge in [-0.15, -0.1) is 0 Å². The molecule has 0 unspecified atom stereocenters. The van der Waals surface area contributed by atoms with E-state index in [1.807, 2.05) is 50.3 Å². The fourth-order valence-corrected chi connectivity index (χ4v) is 3.84. The standard InChI is InChI=1S/C24H22BrN3O2/c1-14(2)11-21-24(28-22(30)12-15-3-6-17(25)7-4-15)27-20-10-5-16-13-18(29)8-9-19(16)23(20)26-21/h3-4,6-9,11,13,29H,5,10,12H2,1-2H3,(H,27,28,30). The van der Waals surface area contributed by atoms with Gasteiger partial charge in [-0.3, -0.25) is 4.79 Å². The van der Waals surface area contributed by atoms with E-state index in [1.54, 1.807) is 12.1 Å². The van der Waals surface area contributed by atoms with Crippen LogP contribution < -0.4 is 5.32 Å². The molecule has 5 nitrogen and oxygen atoms in total. The Bertz CT molecular complexity index is 1150. The average Bonchev–Trinajstić information content (AvgIpc) is 2.69. The summed E-state index contributed by atoms with van der Waals surface area (Å²) in [6.45, 7) is 3.97. The molecule has 1 heterocycles. The second-order valence-electron chi connectivity index (χ2n) is 7.67. The molecule has 2 aromatic carbocycles. The lowest BCUT2D eigenvalue weighted by Crippen LogP contribution is -2.19. The van der Waals surface area contributed by atoms with E-state index in [4.69, 9.17) is 9.97 Å². The zero-order valence-electron chi connectivity index (χ0n) is 16.9. The fourth-order valence-electron chi connectivity index (χ4n) is 3.57. The number of carbonyl (C=O) groups excluding carboxylic acids is 1. The lowest BCUT2D eigenvalue weighted by atomic mass is 9.91. The predicted molar refractivity (Wildman–Crippen MR) is 122 cm³/mol. The van der Waals surface area contributed by atoms with Gasteiger partial charge in [0.25, 0.3) is 0 Å². The van der Waals surface area contributed by atoms with Gasteiger partial charge in [0.15, 0.2) is 5.82 Å². The van der Waals surface area contributed by atoms with Crippen LogP contribution in [0, 0.1) is 0 Å². The van der Waals surface area contributed by atoms with Crippen LogP contribution >= 0.6 is 15.9 Å². The van der Waals surface area contributed by atoms with Crippen LogP contribution in [-0.4, -0.2) is 21.0 Å². The van der Waals surface area contributed by atoms with E-state index < -0.39 is 0 Å². The van der Waals surface area contributed by atoms with Gasteiger partial charge in [-0.1, -0.05) is 33.6 Å². The van der Waals surface area contributed by atoms with Gasteiger partial charge < -0.3 is 10.4 Å². The van der Waals surface area contributed by atoms with Crippen molar-refractivity contribution >= 4 is 33.7 Å². The van der Waals surface area contributed by atoms with Crippen LogP contribution in [0.4, 0.5) is 5.82 Å². The number of fused-ring (bicyclic) bond motifs is 3. The number of amides is 1. The molecule has 30 heavy (non-hydrogen) atoms. The maximum Gasteiger partial charge on any atom is 0.230 e. The monoisotopic (exact) mass is 463 g/mol. The number of phenols is 1. The Labute approximate surface area is 184 Å². The Morgan fingerprint density at radius 2 is 1.90 bits per heavy atom. The molecule has 1 aromatic heterocycles. The minimum Gasteiger partial charge on any atom is -0.508 e. The van der Waals surface area contributed by atoms with Gasteiger partial charge in [-0.05, 0) is 74.2 Å². The normalized spacial score (nSPS) is 12.0. The van der Waals surface area contributed by atoms with Crippen LogP contribution in [0.15, 0.2) is 52.5 Å². The number of anilines is 1. The third-order valence-electron chi connectivity index (χ3n) is 4.93. The number of aromatic hydroxyl groups is 1. The first-order valence-electron chi connectivity index (χ1n) is 9.81. The molecule has 3 aromatic rings. The predicted octanol–water partition coefficient (Wildman–Crippen LogP) is 5.31. The van der Waals surface area contributed by atoms with E-state index in [9.17, 15) is 9.90 Å². The number of phenolic OH excluding ortho intramolecular Hbond substituents is 1. The summed E-state index contributed by atoms with van der Waals surface area (Å²) in [5, 5.41) is 12.7. The maximum atomic E-state index is 12.7. The van der Waals surface area contributed by atoms with Crippen LogP contribution in [0.3, 0.4) is 0 Å². The Kier molecular flexibility index (Phi) is 5.68. The van der Waals surface area contributed by atoms with Gasteiger partial charge in [0.05, 0.1) is 17.8 Å². The van der Waals surface area contributed by atoms with Crippen LogP contribution in [0.1, 0.15) is 36.4 Å². The van der Waals surface area contributed by atoms with Gasteiger partial charge in [0.2, 0.25) is 5.91 Å². The number of nitrogens with zero attached hydrogens (tertiary/aromatic N) is 2. The summed E-state index contributed by atoms with van der Waals surface area (Å²) in [6, 6.07) is 13.0. The molecule has 0 spiro atoms. The minimum atomic E-state index is -0.129. The summed E-state index contributed by atoms with van der Waals surface area (Å²) >= 11 is 3.41. The first-order chi connectivity index (χ1) is 14.4. The summed E-state index contributed by atoms with van der Waals surface area (Å²) in [7, 11) is 0. The van der Waals surface area contributed by atoms with Gasteiger partial charge in [0.1, 0.15) is 11.4 Å². The number of hydrogen-bond acceptors (Lipinski definition) is 4. The van der Waals surface area contributed by atoms with Crippen molar-refractivity contribution in [2.75, 3.05) is 5.32 Å². The van der Waals surface area contributed by atoms with Crippen LogP contribution in [0.25, 0.3) is 17.3 Å². The Morgan fingerprint density at radius 3 is 2.63 bits per heavy atom. The molecular formula is C24H22BrN3O2. The van der Waals surface area contributed by atoms with E-state index in [2.05, 4.69) is 21.2 Å². The first-order valence-corrected chi connectivity index (χ1v) is 10.6. The quantitative estimate of drug-likeness (QED) is 0.549. The SMILES string of the molecule is CC(C)=Cc1nc2c(nc1NC(=O)Cc1ccc(Br)cc1)CCc1cc(O)ccc1-2. The highest BCUT2D eigenvalue weighted by atomic mass is 79.9. The highest BCUT2D eigenvalue weighted by Gasteiger charge is 2.22. The second kappa shape index (κ2) is 8.40. The van der Waals surface area contributed by atoms with Crippen LogP contribution in [0.2, 0.25) is 0 Å². The molecule has 0 radical (unpaired) electrons. The van der Waals surface area contributed by atoms with E-state index in [0.717, 1.165) is 44.5 Å². The van der Waals surface area contributed by atoms with Crippen molar-refractivity contribution in [2.24, 2.45) is 0 Å². The van der Waals surface area contributed by atoms with Crippen molar-refractivity contribution in [1.82, 2.24) is 9.97 Å². The van der Waals surface area contributed by atoms with Crippen molar-refractivity contribution in [2.45, 2.75) is 33.1 Å². The number of aromatic nitrogens is 2. The molecule has 0 bridgehead atoms. The lowest BCUT2D eigenvalue weighted by molar-refractivity contribution is -0.115. The lowest BCUT2D eigenvalue weighted by Gasteiger charge is -2.20. The number of halogens is 1. The number of carbonyl (C=O) groups is 1. The number of aryl methyl sites for hydroxylation is 2. The number of rotatable bonds is 4. The Balaban J connectivity index is 1.68. The topological polar surface area (TPSA) is 75.1 Å². The highest BCUT2D eigenvalue weighted by molar-refractivity contribution is 9.10. The smallest absolute Gasteiger partial charge is 0.230 e. The molecule has 0 saturated heterocycles. The van der Waals surface area contributed by atoms with Gasteiger partial charge in [0, 0.05) is 10.0 Å². The molecule has 0 aliphatic heterocycles. The van der Waals surface area contributed by atoms with E-state index in [1.165, 1.54) is 0 Å². The molecule has 0 fully saturated rings. The van der Waals surface area contributed by atoms with Crippen molar-refractivity contribution < 1.29 is 9.90 Å². The maximum absolute atomic E-state index is 12.7. The summed E-state index contributed by atoms with van der Waals surface area (Å²) in [5.41, 5.74) is 6.35. The van der Waals surface area contributed by atoms with E-state index >= 15 is 0 Å². The van der Waals surface area contributed by atoms with Crippen molar-refractivity contribution in [3.8, 4) is 17.0 Å². The first kappa shape index (κ1) is 20.3. The van der Waals surface area contributed by atoms with Gasteiger partial charge in [-0.25, -0.2) is 9.97 Å². The summed E-state index contributed by atoms with van der Waals surface area (Å²) < 4.78 is 0.978. The molecule has 2 N–H and O–H groups in total. The van der Waals surface area contributed by atoms with Crippen LogP contribution in [0.5, 0.6) is 5.75 Å². The zero-order valence-corrected chi connectivity index (χ0v) is 18.5. The second-order valence-corrected chi connectivity index (χ2v) is 8.58. The molecular weight excluding hydrogens is 442 g/mol. The number of benzene rings is 2. The average molecular weight is 464 g/mol. The third-order valence-corrected chi connectivity index (χ3v) is 5.46. The van der Waals surface area contributed by atoms with Crippen LogP contribution in [-0.2, 0) is 24.1 Å². The van der Waals surface area contributed by atoms with Crippen molar-refractivity contribution in [3.63, 3.8) is 0 Å². The third kappa shape index (κ3) is 4.44. The number of hydrogen-bond donors (Lipinski definition) is 2. The molecule has 6 heteroatoms. The summed E-state index contributed by atoms with van der Waals surface area (Å²) in [5.74, 6) is 0.613. The Morgan fingerprint density at radius 1 is 1.13 bits per heavy atom. The largest absolute Gasteiger partial charge is 0.508 e. The fraction of sp³-hybridized carbons (Fsp3) is 0.208.